The van der Waals surface area contributed by atoms with Crippen molar-refractivity contribution in [1.29, 1.82) is 0 Å². The number of allylic oxidation sites excluding steroid dienone is 1. The van der Waals surface area contributed by atoms with E-state index in [2.05, 4.69) is 47.8 Å². The molecule has 5 rings (SSSR count). The van der Waals surface area contributed by atoms with Gasteiger partial charge in [-0.05, 0) is 91.8 Å². The second-order valence-electron chi connectivity index (χ2n) is 13.8. The summed E-state index contributed by atoms with van der Waals surface area (Å²) in [7, 11) is 0.113. The van der Waals surface area contributed by atoms with Crippen LogP contribution in [0.25, 0.3) is 0 Å². The number of hydrogen-bond donors (Lipinski definition) is 1. The third-order valence-corrected chi connectivity index (χ3v) is 12.1. The Kier molecular flexibility index (Phi) is 15.0. The number of carbonyl (C=O) groups is 1. The van der Waals surface area contributed by atoms with Crippen molar-refractivity contribution >= 4 is 34.2 Å². The van der Waals surface area contributed by atoms with Crippen molar-refractivity contribution in [3.05, 3.63) is 70.3 Å². The van der Waals surface area contributed by atoms with Crippen LogP contribution in [0.2, 0.25) is 5.02 Å². The molecule has 2 aromatic rings. The normalized spacial score (nSPS) is 27.7. The van der Waals surface area contributed by atoms with Gasteiger partial charge in [-0.25, -0.2) is 4.21 Å². The van der Waals surface area contributed by atoms with E-state index < -0.39 is 11.0 Å². The highest BCUT2D eigenvalue weighted by Crippen LogP contribution is 2.43. The Labute approximate surface area is 305 Å². The maximum absolute atomic E-state index is 13.4. The first-order valence-corrected chi connectivity index (χ1v) is 19.8. The lowest BCUT2D eigenvalue weighted by molar-refractivity contribution is -0.0442. The number of aryl methyl sites for hydroxylation is 1. The van der Waals surface area contributed by atoms with Crippen LogP contribution in [0.1, 0.15) is 73.9 Å². The van der Waals surface area contributed by atoms with Crippen molar-refractivity contribution in [2.24, 2.45) is 17.8 Å². The number of halogens is 1. The van der Waals surface area contributed by atoms with Crippen LogP contribution in [0.4, 0.5) is 5.69 Å². The van der Waals surface area contributed by atoms with Gasteiger partial charge < -0.3 is 28.6 Å². The number of ether oxygens (including phenoxy) is 5. The molecule has 276 valence electrons. The first-order chi connectivity index (χ1) is 24.3. The quantitative estimate of drug-likeness (QED) is 0.179. The average molecular weight is 731 g/mol. The Morgan fingerprint density at radius 3 is 2.52 bits per heavy atom. The number of benzene rings is 2. The lowest BCUT2D eigenvalue weighted by Crippen LogP contribution is -2.45. The van der Waals surface area contributed by atoms with Crippen molar-refractivity contribution in [3.8, 4) is 5.75 Å². The molecule has 1 amide bonds. The molecule has 0 spiro atoms. The van der Waals surface area contributed by atoms with E-state index in [1.807, 2.05) is 25.1 Å². The van der Waals surface area contributed by atoms with E-state index in [4.69, 9.17) is 35.3 Å². The first kappa shape index (κ1) is 38.8. The Morgan fingerprint density at radius 2 is 1.78 bits per heavy atom. The predicted molar refractivity (Wildman–Crippen MR) is 200 cm³/mol. The summed E-state index contributed by atoms with van der Waals surface area (Å²) in [5.74, 6) is 1.35. The molecular weight excluding hydrogens is 676 g/mol. The number of fused-ring (bicyclic) bond motifs is 2. The predicted octanol–water partition coefficient (Wildman–Crippen LogP) is 6.74. The molecule has 1 saturated carbocycles. The van der Waals surface area contributed by atoms with Gasteiger partial charge in [0.05, 0.1) is 63.3 Å². The molecular formula is C39H55ClN2O7S. The lowest BCUT2D eigenvalue weighted by atomic mass is 9.70. The van der Waals surface area contributed by atoms with Crippen molar-refractivity contribution in [2.75, 3.05) is 71.3 Å². The minimum atomic E-state index is -1.55. The average Bonchev–Trinajstić information content (AvgIpc) is 3.27. The zero-order valence-corrected chi connectivity index (χ0v) is 31.6. The van der Waals surface area contributed by atoms with Gasteiger partial charge in [0.25, 0.3) is 5.91 Å². The minimum absolute atomic E-state index is 0.0619. The summed E-state index contributed by atoms with van der Waals surface area (Å²) >= 11 is 6.45. The third-order valence-electron chi connectivity index (χ3n) is 10.4. The van der Waals surface area contributed by atoms with Crippen LogP contribution in [-0.2, 0) is 36.4 Å². The molecule has 7 atom stereocenters. The van der Waals surface area contributed by atoms with Crippen molar-refractivity contribution in [1.82, 2.24) is 4.72 Å². The zero-order valence-electron chi connectivity index (χ0n) is 30.1. The van der Waals surface area contributed by atoms with Crippen molar-refractivity contribution in [3.63, 3.8) is 0 Å². The Hall–Kier alpha value is -2.47. The lowest BCUT2D eigenvalue weighted by Gasteiger charge is -2.44. The van der Waals surface area contributed by atoms with E-state index in [0.717, 1.165) is 61.7 Å². The summed E-state index contributed by atoms with van der Waals surface area (Å²) in [5.41, 5.74) is 3.88. The van der Waals surface area contributed by atoms with Gasteiger partial charge in [0, 0.05) is 36.7 Å². The molecule has 0 radical (unpaired) electrons. The third kappa shape index (κ3) is 10.3. The van der Waals surface area contributed by atoms with E-state index in [0.29, 0.717) is 63.6 Å². The van der Waals surface area contributed by atoms with Crippen LogP contribution in [0.5, 0.6) is 5.75 Å². The highest BCUT2D eigenvalue weighted by atomic mass is 35.5. The molecule has 2 aliphatic heterocycles. The number of hydrogen-bond acceptors (Lipinski definition) is 8. The van der Waals surface area contributed by atoms with Gasteiger partial charge in [-0.3, -0.25) is 9.52 Å². The number of rotatable bonds is 13. The van der Waals surface area contributed by atoms with E-state index in [1.54, 1.807) is 13.2 Å². The summed E-state index contributed by atoms with van der Waals surface area (Å²) in [6, 6.07) is 11.8. The van der Waals surface area contributed by atoms with Crippen LogP contribution in [0, 0.1) is 17.8 Å². The first-order valence-electron chi connectivity index (χ1n) is 18.2. The molecule has 1 N–H and O–H groups in total. The van der Waals surface area contributed by atoms with Gasteiger partial charge in [0.2, 0.25) is 0 Å². The molecule has 2 heterocycles. The maximum atomic E-state index is 13.4. The van der Waals surface area contributed by atoms with Crippen LogP contribution in [0.3, 0.4) is 0 Å². The maximum Gasteiger partial charge on any atom is 0.263 e. The monoisotopic (exact) mass is 730 g/mol. The number of carbonyl (C=O) groups excluding carboxylic acids is 1. The fourth-order valence-corrected chi connectivity index (χ4v) is 8.31. The molecule has 9 nitrogen and oxygen atoms in total. The van der Waals surface area contributed by atoms with Crippen LogP contribution < -0.4 is 14.4 Å². The molecule has 1 fully saturated rings. The van der Waals surface area contributed by atoms with Crippen LogP contribution >= 0.6 is 11.6 Å². The Morgan fingerprint density at radius 1 is 1.00 bits per heavy atom. The van der Waals surface area contributed by atoms with Crippen molar-refractivity contribution in [2.45, 2.75) is 70.1 Å². The Balaban J connectivity index is 1.39. The van der Waals surface area contributed by atoms with Gasteiger partial charge in [0.1, 0.15) is 16.7 Å². The fraction of sp³-hybridized carbons (Fsp3) is 0.615. The van der Waals surface area contributed by atoms with E-state index >= 15 is 0 Å². The highest BCUT2D eigenvalue weighted by Gasteiger charge is 2.39. The smallest absolute Gasteiger partial charge is 0.263 e. The largest absolute Gasteiger partial charge is 0.491 e. The number of methoxy groups -OCH3 is 1. The standard InChI is InChI=1S/C39H55ClN2O7S/c1-5-7-29-22-33(40)12-14-34(29)32-25-42-24-31-10-13-35(31)37(48-21-20-47-19-18-46-17-16-45-4)9-6-8-27(2)28(3)50(44)41-39(43)30-11-15-38(49-26-32)36(42)23-30/h6,9,11-12,14-15,22-23,27-28,31-32,35,37H,5,7-8,10,13,16-21,24-26H2,1-4H3,(H,41,43)/b9-6+. The fourth-order valence-electron chi connectivity index (χ4n) is 7.09. The molecule has 3 aliphatic rings. The van der Waals surface area contributed by atoms with Crippen LogP contribution in [0.15, 0.2) is 48.6 Å². The van der Waals surface area contributed by atoms with Gasteiger partial charge in [-0.1, -0.05) is 50.1 Å². The molecule has 50 heavy (non-hydrogen) atoms. The van der Waals surface area contributed by atoms with E-state index in [9.17, 15) is 9.00 Å². The van der Waals surface area contributed by atoms with Gasteiger partial charge in [-0.2, -0.15) is 0 Å². The number of anilines is 1. The summed E-state index contributed by atoms with van der Waals surface area (Å²) in [5, 5.41) is 0.513. The molecule has 0 aromatic heterocycles. The second-order valence-corrected chi connectivity index (χ2v) is 15.8. The van der Waals surface area contributed by atoms with Gasteiger partial charge in [0.15, 0.2) is 0 Å². The van der Waals surface area contributed by atoms with Gasteiger partial charge in [-0.15, -0.1) is 0 Å². The second kappa shape index (κ2) is 19.4. The van der Waals surface area contributed by atoms with E-state index in [-0.39, 0.29) is 29.1 Å². The molecule has 7 unspecified atom stereocenters. The SMILES string of the molecule is CCCc1cc(Cl)ccc1C1COc2ccc3cc2N(C1)CC1CCC1C(OCCOCCOCCOC)/C=C/CC(C)C(C)S(=O)NC3=O. The molecule has 11 heteroatoms. The number of nitrogens with one attached hydrogen (secondary N) is 1. The van der Waals surface area contributed by atoms with E-state index in [1.165, 1.54) is 11.1 Å². The minimum Gasteiger partial charge on any atom is -0.491 e. The highest BCUT2D eigenvalue weighted by molar-refractivity contribution is 7.84. The summed E-state index contributed by atoms with van der Waals surface area (Å²) in [6.07, 6.45) is 9.18. The van der Waals surface area contributed by atoms with Gasteiger partial charge >= 0.3 is 0 Å². The molecule has 1 aliphatic carbocycles. The van der Waals surface area contributed by atoms with Crippen LogP contribution in [-0.4, -0.2) is 87.9 Å². The molecule has 0 saturated heterocycles. The number of nitrogens with zero attached hydrogens (tertiary/aromatic N) is 1. The zero-order chi connectivity index (χ0) is 35.5. The molecule has 2 aromatic carbocycles. The Bertz CT molecular complexity index is 1460. The summed E-state index contributed by atoms with van der Waals surface area (Å²) in [4.78, 5) is 15.9. The molecule has 2 bridgehead atoms. The summed E-state index contributed by atoms with van der Waals surface area (Å²) in [6.45, 7) is 11.4. The van der Waals surface area contributed by atoms with Crippen molar-refractivity contribution < 1.29 is 32.7 Å². The number of amides is 1. The topological polar surface area (TPSA) is 95.6 Å². The summed E-state index contributed by atoms with van der Waals surface area (Å²) < 4.78 is 45.5.